The second-order valence-electron chi connectivity index (χ2n) is 6.79. The molecule has 1 aromatic heterocycles. The number of hydrogen-bond acceptors (Lipinski definition) is 3. The molecule has 2 amide bonds. The minimum atomic E-state index is 0.0151. The van der Waals surface area contributed by atoms with Gasteiger partial charge in [0.2, 0.25) is 5.91 Å². The Morgan fingerprint density at radius 2 is 2.00 bits per heavy atom. The van der Waals surface area contributed by atoms with E-state index in [-0.39, 0.29) is 17.9 Å². The van der Waals surface area contributed by atoms with Crippen molar-refractivity contribution >= 4 is 11.8 Å². The predicted octanol–water partition coefficient (Wildman–Crippen LogP) is 1.62. The van der Waals surface area contributed by atoms with Crippen molar-refractivity contribution in [2.75, 3.05) is 13.1 Å². The second kappa shape index (κ2) is 5.71. The SMILES string of the molecule is Cc1cccc(C(=O)N2C[C@@H]3C(CC(=O)NC(C)C)[C@@H]3C2)n1. The van der Waals surface area contributed by atoms with Crippen LogP contribution in [0.4, 0.5) is 0 Å². The van der Waals surface area contributed by atoms with E-state index >= 15 is 0 Å². The number of carbonyl (C=O) groups is 2. The summed E-state index contributed by atoms with van der Waals surface area (Å²) in [6, 6.07) is 5.72. The van der Waals surface area contributed by atoms with Gasteiger partial charge in [-0.25, -0.2) is 4.98 Å². The lowest BCUT2D eigenvalue weighted by atomic mass is 10.1. The summed E-state index contributed by atoms with van der Waals surface area (Å²) < 4.78 is 0. The smallest absolute Gasteiger partial charge is 0.272 e. The number of aryl methyl sites for hydroxylation is 1. The van der Waals surface area contributed by atoms with Gasteiger partial charge >= 0.3 is 0 Å². The highest BCUT2D eigenvalue weighted by molar-refractivity contribution is 5.92. The van der Waals surface area contributed by atoms with Crippen molar-refractivity contribution in [2.24, 2.45) is 17.8 Å². The van der Waals surface area contributed by atoms with E-state index in [1.807, 2.05) is 37.8 Å². The number of likely N-dealkylation sites (tertiary alicyclic amines) is 1. The molecule has 2 aliphatic rings. The topological polar surface area (TPSA) is 62.3 Å². The molecule has 118 valence electrons. The number of hydrogen-bond donors (Lipinski definition) is 1. The van der Waals surface area contributed by atoms with Crippen molar-refractivity contribution in [2.45, 2.75) is 33.2 Å². The van der Waals surface area contributed by atoms with Gasteiger partial charge in [-0.05, 0) is 50.7 Å². The van der Waals surface area contributed by atoms with Crippen LogP contribution in [0.2, 0.25) is 0 Å². The molecule has 1 aromatic rings. The first-order chi connectivity index (χ1) is 10.5. The van der Waals surface area contributed by atoms with Crippen LogP contribution in [0.5, 0.6) is 0 Å². The quantitative estimate of drug-likeness (QED) is 0.919. The number of nitrogens with zero attached hydrogens (tertiary/aromatic N) is 2. The third kappa shape index (κ3) is 2.98. The van der Waals surface area contributed by atoms with Gasteiger partial charge in [0.25, 0.3) is 5.91 Å². The molecule has 2 fully saturated rings. The largest absolute Gasteiger partial charge is 0.354 e. The standard InChI is InChI=1S/C17H23N3O2/c1-10(2)18-16(21)7-12-13-8-20(9-14(12)13)17(22)15-6-4-5-11(3)19-15/h4-6,10,12-14H,7-9H2,1-3H3,(H,18,21)/t12?,13-,14+. The van der Waals surface area contributed by atoms with E-state index in [1.54, 1.807) is 6.07 Å². The third-order valence-corrected chi connectivity index (χ3v) is 4.64. The van der Waals surface area contributed by atoms with E-state index < -0.39 is 0 Å². The Kier molecular flexibility index (Phi) is 3.89. The van der Waals surface area contributed by atoms with Crippen molar-refractivity contribution in [3.63, 3.8) is 0 Å². The number of nitrogens with one attached hydrogen (secondary N) is 1. The van der Waals surface area contributed by atoms with Gasteiger partial charge in [-0.2, -0.15) is 0 Å². The van der Waals surface area contributed by atoms with Crippen LogP contribution in [0, 0.1) is 24.7 Å². The molecule has 5 heteroatoms. The normalized spacial score (nSPS) is 26.0. The number of carbonyl (C=O) groups excluding carboxylic acids is 2. The lowest BCUT2D eigenvalue weighted by Crippen LogP contribution is -2.34. The summed E-state index contributed by atoms with van der Waals surface area (Å²) in [5.74, 6) is 1.58. The lowest BCUT2D eigenvalue weighted by Gasteiger charge is -2.19. The number of pyridine rings is 1. The van der Waals surface area contributed by atoms with Gasteiger partial charge in [-0.1, -0.05) is 6.07 Å². The molecule has 1 aliphatic heterocycles. The molecule has 0 bridgehead atoms. The Morgan fingerprint density at radius 1 is 1.32 bits per heavy atom. The van der Waals surface area contributed by atoms with E-state index in [9.17, 15) is 9.59 Å². The van der Waals surface area contributed by atoms with Crippen molar-refractivity contribution in [1.82, 2.24) is 15.2 Å². The van der Waals surface area contributed by atoms with Crippen LogP contribution >= 0.6 is 0 Å². The fraction of sp³-hybridized carbons (Fsp3) is 0.588. The van der Waals surface area contributed by atoms with Gasteiger partial charge in [0.15, 0.2) is 0 Å². The molecule has 0 radical (unpaired) electrons. The fourth-order valence-corrected chi connectivity index (χ4v) is 3.54. The molecular formula is C17H23N3O2. The van der Waals surface area contributed by atoms with Gasteiger partial charge < -0.3 is 10.2 Å². The zero-order valence-electron chi connectivity index (χ0n) is 13.4. The number of aromatic nitrogens is 1. The van der Waals surface area contributed by atoms with E-state index in [4.69, 9.17) is 0 Å². The Morgan fingerprint density at radius 3 is 2.59 bits per heavy atom. The first-order valence-corrected chi connectivity index (χ1v) is 7.98. The molecule has 1 aliphatic carbocycles. The number of amides is 2. The van der Waals surface area contributed by atoms with Crippen LogP contribution in [-0.2, 0) is 4.79 Å². The molecule has 5 nitrogen and oxygen atoms in total. The minimum Gasteiger partial charge on any atom is -0.354 e. The second-order valence-corrected chi connectivity index (χ2v) is 6.79. The molecule has 1 N–H and O–H groups in total. The summed E-state index contributed by atoms with van der Waals surface area (Å²) in [5.41, 5.74) is 1.38. The Balaban J connectivity index is 1.52. The van der Waals surface area contributed by atoms with Gasteiger partial charge in [0.05, 0.1) is 0 Å². The van der Waals surface area contributed by atoms with Crippen LogP contribution in [0.3, 0.4) is 0 Å². The monoisotopic (exact) mass is 301 g/mol. The molecular weight excluding hydrogens is 278 g/mol. The molecule has 3 atom stereocenters. The van der Waals surface area contributed by atoms with Crippen LogP contribution in [-0.4, -0.2) is 40.8 Å². The van der Waals surface area contributed by atoms with E-state index in [1.165, 1.54) is 0 Å². The van der Waals surface area contributed by atoms with Gasteiger partial charge in [0, 0.05) is 31.2 Å². The van der Waals surface area contributed by atoms with E-state index in [2.05, 4.69) is 10.3 Å². The molecule has 1 saturated heterocycles. The highest BCUT2D eigenvalue weighted by Crippen LogP contribution is 2.53. The van der Waals surface area contributed by atoms with Gasteiger partial charge in [0.1, 0.15) is 5.69 Å². The third-order valence-electron chi connectivity index (χ3n) is 4.64. The van der Waals surface area contributed by atoms with Gasteiger partial charge in [-0.3, -0.25) is 9.59 Å². The summed E-state index contributed by atoms with van der Waals surface area (Å²) in [4.78, 5) is 30.4. The molecule has 22 heavy (non-hydrogen) atoms. The number of piperidine rings is 1. The zero-order chi connectivity index (χ0) is 15.9. The maximum absolute atomic E-state index is 12.4. The maximum Gasteiger partial charge on any atom is 0.272 e. The highest BCUT2D eigenvalue weighted by Gasteiger charge is 2.56. The first kappa shape index (κ1) is 15.0. The average Bonchev–Trinajstić information content (AvgIpc) is 2.90. The fourth-order valence-electron chi connectivity index (χ4n) is 3.54. The molecule has 2 heterocycles. The first-order valence-electron chi connectivity index (χ1n) is 7.98. The number of rotatable bonds is 4. The van der Waals surface area contributed by atoms with Crippen molar-refractivity contribution < 1.29 is 9.59 Å². The van der Waals surface area contributed by atoms with Crippen molar-refractivity contribution in [3.05, 3.63) is 29.6 Å². The molecule has 3 rings (SSSR count). The van der Waals surface area contributed by atoms with E-state index in [0.717, 1.165) is 18.8 Å². The molecule has 1 unspecified atom stereocenters. The van der Waals surface area contributed by atoms with Crippen molar-refractivity contribution in [3.8, 4) is 0 Å². The predicted molar refractivity (Wildman–Crippen MR) is 83.2 cm³/mol. The van der Waals surface area contributed by atoms with Crippen LogP contribution in [0.25, 0.3) is 0 Å². The molecule has 1 saturated carbocycles. The molecule has 0 aromatic carbocycles. The van der Waals surface area contributed by atoms with E-state index in [0.29, 0.717) is 29.9 Å². The summed E-state index contributed by atoms with van der Waals surface area (Å²) in [6.07, 6.45) is 0.595. The lowest BCUT2D eigenvalue weighted by molar-refractivity contribution is -0.122. The Labute approximate surface area is 131 Å². The van der Waals surface area contributed by atoms with Crippen LogP contribution in [0.1, 0.15) is 36.5 Å². The maximum atomic E-state index is 12.4. The molecule has 0 spiro atoms. The van der Waals surface area contributed by atoms with Crippen molar-refractivity contribution in [1.29, 1.82) is 0 Å². The summed E-state index contributed by atoms with van der Waals surface area (Å²) >= 11 is 0. The Hall–Kier alpha value is -1.91. The summed E-state index contributed by atoms with van der Waals surface area (Å²) in [6.45, 7) is 7.36. The van der Waals surface area contributed by atoms with Crippen LogP contribution in [0.15, 0.2) is 18.2 Å². The summed E-state index contributed by atoms with van der Waals surface area (Å²) in [5, 5.41) is 2.94. The van der Waals surface area contributed by atoms with Gasteiger partial charge in [-0.15, -0.1) is 0 Å². The number of fused-ring (bicyclic) bond motifs is 1. The zero-order valence-corrected chi connectivity index (χ0v) is 13.4. The summed E-state index contributed by atoms with van der Waals surface area (Å²) in [7, 11) is 0. The average molecular weight is 301 g/mol. The Bertz CT molecular complexity index is 587. The highest BCUT2D eigenvalue weighted by atomic mass is 16.2. The minimum absolute atomic E-state index is 0.0151. The van der Waals surface area contributed by atoms with Crippen LogP contribution < -0.4 is 5.32 Å².